The number of halogens is 1. The van der Waals surface area contributed by atoms with E-state index in [2.05, 4.69) is 9.97 Å². The zero-order valence-corrected chi connectivity index (χ0v) is 15.3. The lowest BCUT2D eigenvalue weighted by Crippen LogP contribution is -2.32. The molecule has 3 rings (SSSR count). The smallest absolute Gasteiger partial charge is 0.254 e. The van der Waals surface area contributed by atoms with Gasteiger partial charge in [-0.1, -0.05) is 36.7 Å². The van der Waals surface area contributed by atoms with Crippen molar-refractivity contribution in [3.63, 3.8) is 0 Å². The van der Waals surface area contributed by atoms with Crippen LogP contribution in [0.15, 0.2) is 29.1 Å². The van der Waals surface area contributed by atoms with Crippen LogP contribution in [-0.4, -0.2) is 33.9 Å². The van der Waals surface area contributed by atoms with Gasteiger partial charge in [-0.3, -0.25) is 9.59 Å². The second kappa shape index (κ2) is 7.40. The van der Waals surface area contributed by atoms with Crippen molar-refractivity contribution in [3.8, 4) is 0 Å². The van der Waals surface area contributed by atoms with Crippen molar-refractivity contribution in [1.82, 2.24) is 14.9 Å². The summed E-state index contributed by atoms with van der Waals surface area (Å²) in [4.78, 5) is 33.8. The zero-order valence-electron chi connectivity index (χ0n) is 14.5. The van der Waals surface area contributed by atoms with E-state index in [0.29, 0.717) is 36.6 Å². The molecule has 1 fully saturated rings. The minimum absolute atomic E-state index is 0.0331. The normalized spacial score (nSPS) is 17.1. The minimum atomic E-state index is -0.209. The number of nitrogens with one attached hydrogen (secondary N) is 1. The first-order chi connectivity index (χ1) is 12.0. The predicted molar refractivity (Wildman–Crippen MR) is 98.1 cm³/mol. The summed E-state index contributed by atoms with van der Waals surface area (Å²) in [6, 6.07) is 7.77. The van der Waals surface area contributed by atoms with Gasteiger partial charge in [0, 0.05) is 41.7 Å². The van der Waals surface area contributed by atoms with Crippen LogP contribution in [0.4, 0.5) is 0 Å². The van der Waals surface area contributed by atoms with Gasteiger partial charge < -0.3 is 9.88 Å². The average Bonchev–Trinajstić information content (AvgIpc) is 3.08. The number of hydrogen-bond donors (Lipinski definition) is 1. The van der Waals surface area contributed by atoms with Crippen molar-refractivity contribution in [2.45, 2.75) is 39.0 Å². The number of carbonyl (C=O) groups is 1. The molecule has 0 saturated carbocycles. The Balaban J connectivity index is 1.71. The molecule has 1 atom stereocenters. The molecule has 25 heavy (non-hydrogen) atoms. The number of rotatable bonds is 4. The van der Waals surface area contributed by atoms with Crippen LogP contribution in [0, 0.1) is 6.92 Å². The molecule has 1 amide bonds. The summed E-state index contributed by atoms with van der Waals surface area (Å²) in [7, 11) is 0. The Labute approximate surface area is 152 Å². The van der Waals surface area contributed by atoms with Crippen LogP contribution in [0.5, 0.6) is 0 Å². The summed E-state index contributed by atoms with van der Waals surface area (Å²) in [6.07, 6.45) is 1.64. The molecule has 0 bridgehead atoms. The average molecular weight is 360 g/mol. The Kier molecular flexibility index (Phi) is 5.23. The monoisotopic (exact) mass is 359 g/mol. The topological polar surface area (TPSA) is 66.1 Å². The maximum absolute atomic E-state index is 12.6. The predicted octanol–water partition coefficient (Wildman–Crippen LogP) is 2.85. The Hall–Kier alpha value is -2.14. The second-order valence-electron chi connectivity index (χ2n) is 6.45. The summed E-state index contributed by atoms with van der Waals surface area (Å²) in [6.45, 7) is 5.04. The molecular weight excluding hydrogens is 338 g/mol. The van der Waals surface area contributed by atoms with Crippen LogP contribution in [-0.2, 0) is 17.6 Å². The Morgan fingerprint density at radius 2 is 2.16 bits per heavy atom. The highest BCUT2D eigenvalue weighted by Crippen LogP contribution is 2.32. The van der Waals surface area contributed by atoms with Crippen molar-refractivity contribution >= 4 is 17.5 Å². The van der Waals surface area contributed by atoms with Crippen LogP contribution in [0.2, 0.25) is 5.02 Å². The third-order valence-corrected chi connectivity index (χ3v) is 5.16. The molecule has 1 aliphatic heterocycles. The van der Waals surface area contributed by atoms with Gasteiger partial charge in [0.2, 0.25) is 5.91 Å². The van der Waals surface area contributed by atoms with E-state index in [4.69, 9.17) is 11.6 Å². The minimum Gasteiger partial charge on any atom is -0.342 e. The van der Waals surface area contributed by atoms with Crippen molar-refractivity contribution in [3.05, 3.63) is 62.3 Å². The molecule has 0 aliphatic carbocycles. The number of amides is 1. The quantitative estimate of drug-likeness (QED) is 0.912. The molecule has 2 aromatic rings. The number of benzene rings is 1. The first-order valence-corrected chi connectivity index (χ1v) is 8.98. The number of aromatic nitrogens is 2. The molecular formula is C19H22ClN3O2. The number of nitrogens with zero attached hydrogens (tertiary/aromatic N) is 2. The Morgan fingerprint density at radius 3 is 2.84 bits per heavy atom. The van der Waals surface area contributed by atoms with Crippen molar-refractivity contribution in [1.29, 1.82) is 0 Å². The van der Waals surface area contributed by atoms with E-state index in [1.807, 2.05) is 36.1 Å². The number of likely N-dealkylation sites (tertiary alicyclic amines) is 1. The molecule has 0 spiro atoms. The molecule has 1 saturated heterocycles. The van der Waals surface area contributed by atoms with Crippen molar-refractivity contribution < 1.29 is 4.79 Å². The Bertz CT molecular complexity index is 847. The maximum Gasteiger partial charge on any atom is 0.254 e. The number of carbonyl (C=O) groups excluding carboxylic acids is 1. The molecule has 5 nitrogen and oxygen atoms in total. The van der Waals surface area contributed by atoms with Gasteiger partial charge in [0.25, 0.3) is 5.56 Å². The van der Waals surface area contributed by atoms with E-state index in [0.717, 1.165) is 17.0 Å². The maximum atomic E-state index is 12.6. The highest BCUT2D eigenvalue weighted by Gasteiger charge is 2.29. The van der Waals surface area contributed by atoms with Gasteiger partial charge in [-0.15, -0.1) is 0 Å². The fraction of sp³-hybridized carbons (Fsp3) is 0.421. The second-order valence-corrected chi connectivity index (χ2v) is 6.86. The summed E-state index contributed by atoms with van der Waals surface area (Å²) >= 11 is 6.27. The van der Waals surface area contributed by atoms with Crippen molar-refractivity contribution in [2.24, 2.45) is 0 Å². The number of aromatic amines is 1. The largest absolute Gasteiger partial charge is 0.342 e. The van der Waals surface area contributed by atoms with Crippen LogP contribution in [0.25, 0.3) is 0 Å². The summed E-state index contributed by atoms with van der Waals surface area (Å²) in [5.41, 5.74) is 1.97. The molecule has 1 unspecified atom stereocenters. The first-order valence-electron chi connectivity index (χ1n) is 8.60. The first kappa shape index (κ1) is 17.7. The van der Waals surface area contributed by atoms with Crippen molar-refractivity contribution in [2.75, 3.05) is 13.1 Å². The molecule has 1 aromatic heterocycles. The summed E-state index contributed by atoms with van der Waals surface area (Å²) in [5.74, 6) is 0.866. The van der Waals surface area contributed by atoms with Gasteiger partial charge in [0.1, 0.15) is 5.82 Å². The lowest BCUT2D eigenvalue weighted by molar-refractivity contribution is -0.129. The molecule has 6 heteroatoms. The lowest BCUT2D eigenvalue weighted by Gasteiger charge is -2.17. The van der Waals surface area contributed by atoms with Gasteiger partial charge in [0.15, 0.2) is 0 Å². The van der Waals surface area contributed by atoms with Crippen LogP contribution >= 0.6 is 11.6 Å². The van der Waals surface area contributed by atoms with E-state index in [9.17, 15) is 9.59 Å². The number of hydrogen-bond acceptors (Lipinski definition) is 3. The fourth-order valence-corrected chi connectivity index (χ4v) is 3.64. The lowest BCUT2D eigenvalue weighted by atomic mass is 9.98. The van der Waals surface area contributed by atoms with E-state index >= 15 is 0 Å². The van der Waals surface area contributed by atoms with E-state index < -0.39 is 0 Å². The third-order valence-electron chi connectivity index (χ3n) is 4.82. The SMILES string of the molecule is CCc1nc(C)c(CC(=O)N2CCC(c3ccccc3Cl)C2)c(=O)[nH]1. The molecule has 2 heterocycles. The Morgan fingerprint density at radius 1 is 1.40 bits per heavy atom. The van der Waals surface area contributed by atoms with Crippen LogP contribution < -0.4 is 5.56 Å². The molecule has 1 N–H and O–H groups in total. The summed E-state index contributed by atoms with van der Waals surface area (Å²) < 4.78 is 0. The molecule has 0 radical (unpaired) electrons. The number of aryl methyl sites for hydroxylation is 2. The highest BCUT2D eigenvalue weighted by atomic mass is 35.5. The fourth-order valence-electron chi connectivity index (χ4n) is 3.35. The van der Waals surface area contributed by atoms with Gasteiger partial charge >= 0.3 is 0 Å². The third kappa shape index (κ3) is 3.76. The van der Waals surface area contributed by atoms with Gasteiger partial charge in [-0.25, -0.2) is 4.98 Å². The molecule has 1 aliphatic rings. The van der Waals surface area contributed by atoms with Gasteiger partial charge in [0.05, 0.1) is 6.42 Å². The summed E-state index contributed by atoms with van der Waals surface area (Å²) in [5, 5.41) is 0.744. The van der Waals surface area contributed by atoms with E-state index in [-0.39, 0.29) is 23.8 Å². The van der Waals surface area contributed by atoms with Gasteiger partial charge in [-0.05, 0) is 25.0 Å². The molecule has 132 valence electrons. The highest BCUT2D eigenvalue weighted by molar-refractivity contribution is 6.31. The zero-order chi connectivity index (χ0) is 18.0. The van der Waals surface area contributed by atoms with Gasteiger partial charge in [-0.2, -0.15) is 0 Å². The van der Waals surface area contributed by atoms with E-state index in [1.165, 1.54) is 0 Å². The van der Waals surface area contributed by atoms with E-state index in [1.54, 1.807) is 6.92 Å². The standard InChI is InChI=1S/C19H22ClN3O2/c1-3-17-21-12(2)15(19(25)22-17)10-18(24)23-9-8-13(11-23)14-6-4-5-7-16(14)20/h4-7,13H,3,8-11H2,1-2H3,(H,21,22,25). The van der Waals surface area contributed by atoms with Crippen LogP contribution in [0.1, 0.15) is 41.9 Å². The molecule has 1 aromatic carbocycles. The van der Waals surface area contributed by atoms with Crippen LogP contribution in [0.3, 0.4) is 0 Å². The number of H-pyrrole nitrogens is 1.